The quantitative estimate of drug-likeness (QED) is 0.848. The summed E-state index contributed by atoms with van der Waals surface area (Å²) in [6.07, 6.45) is 6.31. The Balaban J connectivity index is 1.97. The maximum absolute atomic E-state index is 5.42. The number of hydrogen-bond donors (Lipinski definition) is 1. The van der Waals surface area contributed by atoms with Gasteiger partial charge in [-0.2, -0.15) is 11.8 Å². The normalized spacial score (nSPS) is 19.1. The van der Waals surface area contributed by atoms with Crippen molar-refractivity contribution in [2.24, 2.45) is 0 Å². The summed E-state index contributed by atoms with van der Waals surface area (Å²) in [5.41, 5.74) is 1.25. The molecule has 1 aliphatic carbocycles. The first-order valence-corrected chi connectivity index (χ1v) is 7.85. The van der Waals surface area contributed by atoms with Gasteiger partial charge in [0.15, 0.2) is 0 Å². The Kier molecular flexibility index (Phi) is 4.57. The van der Waals surface area contributed by atoms with Crippen molar-refractivity contribution >= 4 is 11.8 Å². The van der Waals surface area contributed by atoms with Gasteiger partial charge in [0.1, 0.15) is 5.75 Å². The highest BCUT2D eigenvalue weighted by molar-refractivity contribution is 8.00. The monoisotopic (exact) mass is 265 g/mol. The zero-order valence-corrected chi connectivity index (χ0v) is 12.3. The molecule has 1 unspecified atom stereocenters. The van der Waals surface area contributed by atoms with Gasteiger partial charge >= 0.3 is 0 Å². The Morgan fingerprint density at radius 3 is 2.67 bits per heavy atom. The Bertz CT molecular complexity index is 384. The van der Waals surface area contributed by atoms with E-state index in [0.29, 0.717) is 10.8 Å². The van der Waals surface area contributed by atoms with E-state index in [0.717, 1.165) is 12.3 Å². The van der Waals surface area contributed by atoms with Crippen molar-refractivity contribution in [1.29, 1.82) is 0 Å². The van der Waals surface area contributed by atoms with Crippen LogP contribution in [0.1, 0.15) is 37.8 Å². The van der Waals surface area contributed by atoms with Gasteiger partial charge in [0, 0.05) is 22.9 Å². The van der Waals surface area contributed by atoms with Crippen LogP contribution >= 0.6 is 11.8 Å². The summed E-state index contributed by atoms with van der Waals surface area (Å²) in [6, 6.07) is 8.60. The fraction of sp³-hybridized carbons (Fsp3) is 0.600. The van der Waals surface area contributed by atoms with Crippen LogP contribution in [0.3, 0.4) is 0 Å². The topological polar surface area (TPSA) is 21.3 Å². The molecule has 1 aromatic rings. The highest BCUT2D eigenvalue weighted by Gasteiger charge is 2.36. The van der Waals surface area contributed by atoms with E-state index in [1.807, 2.05) is 23.9 Å². The van der Waals surface area contributed by atoms with Gasteiger partial charge in [-0.15, -0.1) is 0 Å². The molecule has 1 aromatic carbocycles. The highest BCUT2D eigenvalue weighted by Crippen LogP contribution is 2.42. The van der Waals surface area contributed by atoms with Crippen molar-refractivity contribution in [3.05, 3.63) is 29.8 Å². The standard InChI is InChI=1S/C15H23NOS/c1-12(13-7-4-5-8-14(13)17-2)16-11-15(18-3)9-6-10-15/h4-5,7-8,12,16H,6,9-11H2,1-3H3. The van der Waals surface area contributed by atoms with Crippen LogP contribution in [-0.2, 0) is 0 Å². The minimum absolute atomic E-state index is 0.339. The number of para-hydroxylation sites is 1. The van der Waals surface area contributed by atoms with Crippen LogP contribution in [-0.4, -0.2) is 24.7 Å². The molecule has 1 atom stereocenters. The second-order valence-corrected chi connectivity index (χ2v) is 6.36. The molecule has 0 aromatic heterocycles. The molecule has 1 saturated carbocycles. The lowest BCUT2D eigenvalue weighted by Crippen LogP contribution is -2.44. The molecule has 0 saturated heterocycles. The highest BCUT2D eigenvalue weighted by atomic mass is 32.2. The van der Waals surface area contributed by atoms with Crippen molar-refractivity contribution in [2.75, 3.05) is 19.9 Å². The Morgan fingerprint density at radius 2 is 2.11 bits per heavy atom. The van der Waals surface area contributed by atoms with Crippen LogP contribution in [0.4, 0.5) is 0 Å². The first kappa shape index (κ1) is 13.8. The number of ether oxygens (including phenoxy) is 1. The molecule has 1 N–H and O–H groups in total. The first-order chi connectivity index (χ1) is 8.71. The zero-order chi connectivity index (χ0) is 13.0. The third-order valence-corrected chi connectivity index (χ3v) is 5.45. The van der Waals surface area contributed by atoms with E-state index in [4.69, 9.17) is 4.74 Å². The maximum Gasteiger partial charge on any atom is 0.123 e. The van der Waals surface area contributed by atoms with Gasteiger partial charge < -0.3 is 10.1 Å². The average Bonchev–Trinajstić information content (AvgIpc) is 2.37. The fourth-order valence-electron chi connectivity index (χ4n) is 2.50. The molecule has 0 radical (unpaired) electrons. The molecule has 3 heteroatoms. The number of thioether (sulfide) groups is 1. The third-order valence-electron chi connectivity index (χ3n) is 4.03. The summed E-state index contributed by atoms with van der Waals surface area (Å²) in [4.78, 5) is 0. The molecule has 100 valence electrons. The van der Waals surface area contributed by atoms with Crippen molar-refractivity contribution in [3.63, 3.8) is 0 Å². The zero-order valence-electron chi connectivity index (χ0n) is 11.5. The maximum atomic E-state index is 5.42. The Hall–Kier alpha value is -0.670. The predicted octanol–water partition coefficient (Wildman–Crippen LogP) is 3.63. The third kappa shape index (κ3) is 2.83. The molecule has 0 heterocycles. The summed E-state index contributed by atoms with van der Waals surface area (Å²) in [5.74, 6) is 0.976. The van der Waals surface area contributed by atoms with Crippen LogP contribution in [0, 0.1) is 0 Å². The van der Waals surface area contributed by atoms with Gasteiger partial charge in [-0.25, -0.2) is 0 Å². The molecule has 1 aliphatic rings. The molecule has 2 rings (SSSR count). The van der Waals surface area contributed by atoms with Gasteiger partial charge in [0.25, 0.3) is 0 Å². The van der Waals surface area contributed by atoms with E-state index in [1.165, 1.54) is 24.8 Å². The molecular formula is C15H23NOS. The summed E-state index contributed by atoms with van der Waals surface area (Å²) in [5, 5.41) is 3.67. The SMILES string of the molecule is COc1ccccc1C(C)NCC1(SC)CCC1. The van der Waals surface area contributed by atoms with Gasteiger partial charge in [-0.1, -0.05) is 24.6 Å². The molecule has 0 bridgehead atoms. The molecule has 2 nitrogen and oxygen atoms in total. The first-order valence-electron chi connectivity index (χ1n) is 6.62. The summed E-state index contributed by atoms with van der Waals surface area (Å²) in [6.45, 7) is 3.30. The second-order valence-electron chi connectivity index (χ2n) is 5.09. The average molecular weight is 265 g/mol. The fourth-order valence-corrected chi connectivity index (χ4v) is 3.42. The van der Waals surface area contributed by atoms with E-state index in [-0.39, 0.29) is 0 Å². The smallest absolute Gasteiger partial charge is 0.123 e. The Labute approximate surface area is 114 Å². The molecule has 0 amide bonds. The van der Waals surface area contributed by atoms with E-state index < -0.39 is 0 Å². The van der Waals surface area contributed by atoms with Crippen molar-refractivity contribution < 1.29 is 4.74 Å². The van der Waals surface area contributed by atoms with Crippen molar-refractivity contribution in [1.82, 2.24) is 5.32 Å². The molecule has 18 heavy (non-hydrogen) atoms. The van der Waals surface area contributed by atoms with Crippen LogP contribution in [0.2, 0.25) is 0 Å². The summed E-state index contributed by atoms with van der Waals surface area (Å²) >= 11 is 2.01. The summed E-state index contributed by atoms with van der Waals surface area (Å²) in [7, 11) is 1.74. The number of hydrogen-bond acceptors (Lipinski definition) is 3. The van der Waals surface area contributed by atoms with E-state index in [9.17, 15) is 0 Å². The number of nitrogens with one attached hydrogen (secondary N) is 1. The minimum atomic E-state index is 0.339. The van der Waals surface area contributed by atoms with Gasteiger partial charge in [0.05, 0.1) is 7.11 Å². The predicted molar refractivity (Wildman–Crippen MR) is 79.5 cm³/mol. The largest absolute Gasteiger partial charge is 0.496 e. The number of rotatable bonds is 6. The van der Waals surface area contributed by atoms with Crippen LogP contribution < -0.4 is 10.1 Å². The van der Waals surface area contributed by atoms with Gasteiger partial charge in [-0.3, -0.25) is 0 Å². The molecule has 0 aliphatic heterocycles. The van der Waals surface area contributed by atoms with Crippen LogP contribution in [0.5, 0.6) is 5.75 Å². The number of benzene rings is 1. The van der Waals surface area contributed by atoms with Crippen molar-refractivity contribution in [2.45, 2.75) is 37.0 Å². The van der Waals surface area contributed by atoms with Crippen LogP contribution in [0.25, 0.3) is 0 Å². The lowest BCUT2D eigenvalue weighted by molar-refractivity contribution is 0.331. The van der Waals surface area contributed by atoms with E-state index >= 15 is 0 Å². The Morgan fingerprint density at radius 1 is 1.39 bits per heavy atom. The lowest BCUT2D eigenvalue weighted by Gasteiger charge is -2.41. The van der Waals surface area contributed by atoms with E-state index in [1.54, 1.807) is 7.11 Å². The van der Waals surface area contributed by atoms with E-state index in [2.05, 4.69) is 30.6 Å². The van der Waals surface area contributed by atoms with Gasteiger partial charge in [-0.05, 0) is 32.1 Å². The summed E-state index contributed by atoms with van der Waals surface area (Å²) < 4.78 is 5.90. The number of methoxy groups -OCH3 is 1. The molecular weight excluding hydrogens is 242 g/mol. The van der Waals surface area contributed by atoms with Crippen molar-refractivity contribution in [3.8, 4) is 5.75 Å². The second kappa shape index (κ2) is 5.98. The van der Waals surface area contributed by atoms with Gasteiger partial charge in [0.2, 0.25) is 0 Å². The van der Waals surface area contributed by atoms with Crippen LogP contribution in [0.15, 0.2) is 24.3 Å². The molecule has 1 fully saturated rings. The lowest BCUT2D eigenvalue weighted by atomic mass is 9.84. The molecule has 0 spiro atoms. The minimum Gasteiger partial charge on any atom is -0.496 e.